The van der Waals surface area contributed by atoms with Crippen molar-refractivity contribution in [1.29, 1.82) is 0 Å². The van der Waals surface area contributed by atoms with Gasteiger partial charge in [0.05, 0.1) is 18.8 Å². The molecule has 1 fully saturated rings. The zero-order chi connectivity index (χ0) is 15.2. The van der Waals surface area contributed by atoms with Crippen molar-refractivity contribution in [1.82, 2.24) is 10.3 Å². The van der Waals surface area contributed by atoms with Gasteiger partial charge in [-0.15, -0.1) is 0 Å². The summed E-state index contributed by atoms with van der Waals surface area (Å²) in [6, 6.07) is -0.0357. The molecule has 2 atom stereocenters. The summed E-state index contributed by atoms with van der Waals surface area (Å²) >= 11 is 1.25. The summed E-state index contributed by atoms with van der Waals surface area (Å²) in [4.78, 5) is 16.8. The topological polar surface area (TPSA) is 98.5 Å². The van der Waals surface area contributed by atoms with Crippen LogP contribution in [-0.2, 0) is 9.47 Å². The van der Waals surface area contributed by atoms with Gasteiger partial charge in [-0.2, -0.15) is 0 Å². The minimum absolute atomic E-state index is 0.0357. The van der Waals surface area contributed by atoms with Crippen molar-refractivity contribution in [3.05, 3.63) is 4.88 Å². The number of ether oxygens (including phenoxy) is 2. The molecule has 0 radical (unpaired) electrons. The Morgan fingerprint density at radius 1 is 1.67 bits per heavy atom. The highest BCUT2D eigenvalue weighted by molar-refractivity contribution is 7.18. The molecule has 4 N–H and O–H groups in total. The molecule has 1 aromatic heterocycles. The van der Waals surface area contributed by atoms with Crippen LogP contribution >= 0.6 is 11.3 Å². The molecule has 1 saturated heterocycles. The van der Waals surface area contributed by atoms with Crippen molar-refractivity contribution < 1.29 is 14.3 Å². The van der Waals surface area contributed by atoms with Gasteiger partial charge in [0, 0.05) is 20.3 Å². The third-order valence-corrected chi connectivity index (χ3v) is 4.35. The van der Waals surface area contributed by atoms with Gasteiger partial charge in [0.1, 0.15) is 10.7 Å². The minimum atomic E-state index is -0.201. The lowest BCUT2D eigenvalue weighted by Crippen LogP contribution is -2.40. The number of anilines is 2. The molecule has 0 saturated carbocycles. The fourth-order valence-corrected chi connectivity index (χ4v) is 3.01. The summed E-state index contributed by atoms with van der Waals surface area (Å²) in [7, 11) is 1.63. The lowest BCUT2D eigenvalue weighted by molar-refractivity contribution is 0.0715. The Kier molecular flexibility index (Phi) is 5.77. The van der Waals surface area contributed by atoms with Gasteiger partial charge in [0.2, 0.25) is 0 Å². The Morgan fingerprint density at radius 2 is 2.48 bits per heavy atom. The van der Waals surface area contributed by atoms with Gasteiger partial charge in [0.25, 0.3) is 5.91 Å². The Labute approximate surface area is 128 Å². The van der Waals surface area contributed by atoms with Crippen LogP contribution in [0.4, 0.5) is 10.9 Å². The number of nitrogens with zero attached hydrogens (tertiary/aromatic N) is 1. The average Bonchev–Trinajstić information content (AvgIpc) is 3.08. The van der Waals surface area contributed by atoms with Crippen LogP contribution < -0.4 is 16.4 Å². The van der Waals surface area contributed by atoms with E-state index >= 15 is 0 Å². The SMILES string of the molecule is COCCNc1nc(N)c(C(=O)NC(C)C2CCCO2)s1. The molecule has 21 heavy (non-hydrogen) atoms. The molecular formula is C13H22N4O3S. The number of carbonyl (C=O) groups excluding carboxylic acids is 1. The summed E-state index contributed by atoms with van der Waals surface area (Å²) in [6.45, 7) is 3.90. The summed E-state index contributed by atoms with van der Waals surface area (Å²) in [5.74, 6) is 0.0461. The first-order chi connectivity index (χ1) is 10.1. The number of thiazole rings is 1. The van der Waals surface area contributed by atoms with E-state index in [1.165, 1.54) is 11.3 Å². The maximum absolute atomic E-state index is 12.2. The lowest BCUT2D eigenvalue weighted by atomic mass is 10.1. The predicted molar refractivity (Wildman–Crippen MR) is 82.8 cm³/mol. The molecule has 0 aliphatic carbocycles. The molecule has 8 heteroatoms. The highest BCUT2D eigenvalue weighted by atomic mass is 32.1. The minimum Gasteiger partial charge on any atom is -0.383 e. The number of aromatic nitrogens is 1. The predicted octanol–water partition coefficient (Wildman–Crippen LogP) is 1.08. The molecular weight excluding hydrogens is 292 g/mol. The Hall–Kier alpha value is -1.38. The first kappa shape index (κ1) is 16.0. The van der Waals surface area contributed by atoms with Gasteiger partial charge in [-0.3, -0.25) is 4.79 Å². The molecule has 0 spiro atoms. The standard InChI is InChI=1S/C13H22N4O3S/c1-8(9-4-3-6-20-9)16-12(18)10-11(14)17-13(21-10)15-5-7-19-2/h8-9H,3-7,14H2,1-2H3,(H,15,17)(H,16,18). The fourth-order valence-electron chi connectivity index (χ4n) is 2.19. The normalized spacial score (nSPS) is 19.4. The maximum atomic E-state index is 12.2. The van der Waals surface area contributed by atoms with Crippen LogP contribution in [0.3, 0.4) is 0 Å². The van der Waals surface area contributed by atoms with E-state index in [2.05, 4.69) is 15.6 Å². The van der Waals surface area contributed by atoms with Crippen LogP contribution in [0.15, 0.2) is 0 Å². The Bertz CT molecular complexity index is 474. The molecule has 2 rings (SSSR count). The van der Waals surface area contributed by atoms with E-state index in [0.717, 1.165) is 19.4 Å². The van der Waals surface area contributed by atoms with Crippen LogP contribution in [-0.4, -0.2) is 49.9 Å². The number of nitrogen functional groups attached to an aromatic ring is 1. The highest BCUT2D eigenvalue weighted by Gasteiger charge is 2.25. The van der Waals surface area contributed by atoms with E-state index < -0.39 is 0 Å². The van der Waals surface area contributed by atoms with Crippen molar-refractivity contribution in [3.63, 3.8) is 0 Å². The number of methoxy groups -OCH3 is 1. The van der Waals surface area contributed by atoms with E-state index in [-0.39, 0.29) is 23.9 Å². The monoisotopic (exact) mass is 314 g/mol. The van der Waals surface area contributed by atoms with Crippen molar-refractivity contribution in [2.45, 2.75) is 31.9 Å². The van der Waals surface area contributed by atoms with Gasteiger partial charge in [0.15, 0.2) is 5.13 Å². The molecule has 1 aliphatic rings. The van der Waals surface area contributed by atoms with E-state index in [0.29, 0.717) is 23.2 Å². The van der Waals surface area contributed by atoms with E-state index in [9.17, 15) is 4.79 Å². The van der Waals surface area contributed by atoms with Crippen LogP contribution in [0, 0.1) is 0 Å². The third kappa shape index (κ3) is 4.29. The number of rotatable bonds is 7. The van der Waals surface area contributed by atoms with Gasteiger partial charge in [-0.1, -0.05) is 11.3 Å². The average molecular weight is 314 g/mol. The van der Waals surface area contributed by atoms with Crippen LogP contribution in [0.1, 0.15) is 29.4 Å². The van der Waals surface area contributed by atoms with E-state index in [4.69, 9.17) is 15.2 Å². The summed E-state index contributed by atoms with van der Waals surface area (Å²) in [5, 5.41) is 6.63. The molecule has 118 valence electrons. The third-order valence-electron chi connectivity index (χ3n) is 3.32. The Balaban J connectivity index is 1.92. The molecule has 2 unspecified atom stereocenters. The molecule has 1 aliphatic heterocycles. The van der Waals surface area contributed by atoms with Gasteiger partial charge in [-0.05, 0) is 19.8 Å². The van der Waals surface area contributed by atoms with E-state index in [1.54, 1.807) is 7.11 Å². The van der Waals surface area contributed by atoms with Gasteiger partial charge in [-0.25, -0.2) is 4.98 Å². The Morgan fingerprint density at radius 3 is 3.14 bits per heavy atom. The zero-order valence-electron chi connectivity index (χ0n) is 12.3. The van der Waals surface area contributed by atoms with E-state index in [1.807, 2.05) is 6.92 Å². The number of amides is 1. The number of hydrogen-bond acceptors (Lipinski definition) is 7. The molecule has 7 nitrogen and oxygen atoms in total. The molecule has 0 aromatic carbocycles. The fraction of sp³-hybridized carbons (Fsp3) is 0.692. The van der Waals surface area contributed by atoms with Crippen molar-refractivity contribution in [2.24, 2.45) is 0 Å². The smallest absolute Gasteiger partial charge is 0.265 e. The number of hydrogen-bond donors (Lipinski definition) is 3. The lowest BCUT2D eigenvalue weighted by Gasteiger charge is -2.19. The molecule has 2 heterocycles. The first-order valence-electron chi connectivity index (χ1n) is 7.03. The van der Waals surface area contributed by atoms with Gasteiger partial charge >= 0.3 is 0 Å². The quantitative estimate of drug-likeness (QED) is 0.652. The van der Waals surface area contributed by atoms with Crippen molar-refractivity contribution in [3.8, 4) is 0 Å². The second-order valence-electron chi connectivity index (χ2n) is 4.97. The maximum Gasteiger partial charge on any atom is 0.265 e. The number of carbonyl (C=O) groups is 1. The molecule has 0 bridgehead atoms. The molecule has 1 amide bonds. The van der Waals surface area contributed by atoms with Crippen LogP contribution in [0.25, 0.3) is 0 Å². The molecule has 1 aromatic rings. The van der Waals surface area contributed by atoms with Crippen LogP contribution in [0.2, 0.25) is 0 Å². The van der Waals surface area contributed by atoms with Crippen LogP contribution in [0.5, 0.6) is 0 Å². The summed E-state index contributed by atoms with van der Waals surface area (Å²) in [5.41, 5.74) is 5.81. The second-order valence-corrected chi connectivity index (χ2v) is 5.97. The van der Waals surface area contributed by atoms with Gasteiger partial charge < -0.3 is 25.8 Å². The van der Waals surface area contributed by atoms with Crippen molar-refractivity contribution in [2.75, 3.05) is 37.9 Å². The highest BCUT2D eigenvalue weighted by Crippen LogP contribution is 2.25. The first-order valence-corrected chi connectivity index (χ1v) is 7.85. The number of nitrogens with two attached hydrogens (primary N) is 1. The zero-order valence-corrected chi connectivity index (χ0v) is 13.2. The summed E-state index contributed by atoms with van der Waals surface area (Å²) < 4.78 is 10.5. The summed E-state index contributed by atoms with van der Waals surface area (Å²) in [6.07, 6.45) is 2.10. The van der Waals surface area contributed by atoms with Crippen molar-refractivity contribution >= 4 is 28.2 Å². The second kappa shape index (κ2) is 7.58. The number of nitrogens with one attached hydrogen (secondary N) is 2. The largest absolute Gasteiger partial charge is 0.383 e.